The predicted octanol–water partition coefficient (Wildman–Crippen LogP) is 1.33. The highest BCUT2D eigenvalue weighted by Gasteiger charge is 2.28. The molecule has 20 heavy (non-hydrogen) atoms. The van der Waals surface area contributed by atoms with E-state index >= 15 is 0 Å². The molecule has 0 saturated carbocycles. The molecule has 1 aromatic rings. The molecule has 0 aromatic carbocycles. The lowest BCUT2D eigenvalue weighted by Crippen LogP contribution is -2.43. The quantitative estimate of drug-likeness (QED) is 0.818. The molecule has 1 aliphatic rings. The van der Waals surface area contributed by atoms with Gasteiger partial charge >= 0.3 is 0 Å². The number of carbonyl (C=O) groups excluding carboxylic acids is 2. The molecular weight excluding hydrogens is 254 g/mol. The second kappa shape index (κ2) is 6.03. The number of likely N-dealkylation sites (tertiary alicyclic amines) is 1. The van der Waals surface area contributed by atoms with Crippen LogP contribution in [0.5, 0.6) is 0 Å². The van der Waals surface area contributed by atoms with Crippen molar-refractivity contribution in [3.63, 3.8) is 0 Å². The Morgan fingerprint density at radius 3 is 2.45 bits per heavy atom. The molecule has 0 N–H and O–H groups in total. The molecule has 0 unspecified atom stereocenters. The van der Waals surface area contributed by atoms with E-state index in [-0.39, 0.29) is 17.7 Å². The molecule has 5 nitrogen and oxygen atoms in total. The maximum Gasteiger partial charge on any atom is 0.272 e. The van der Waals surface area contributed by atoms with Gasteiger partial charge in [-0.2, -0.15) is 0 Å². The molecule has 1 fully saturated rings. The summed E-state index contributed by atoms with van der Waals surface area (Å²) in [4.78, 5) is 31.9. The van der Waals surface area contributed by atoms with E-state index < -0.39 is 0 Å². The number of hydrogen-bond acceptors (Lipinski definition) is 3. The first-order valence-electron chi connectivity index (χ1n) is 6.93. The van der Waals surface area contributed by atoms with Gasteiger partial charge in [-0.1, -0.05) is 6.07 Å². The van der Waals surface area contributed by atoms with E-state index in [4.69, 9.17) is 0 Å². The molecule has 1 aromatic heterocycles. The Hall–Kier alpha value is -1.91. The third kappa shape index (κ3) is 3.15. The molecule has 0 atom stereocenters. The highest BCUT2D eigenvalue weighted by molar-refractivity contribution is 5.92. The summed E-state index contributed by atoms with van der Waals surface area (Å²) in [5.41, 5.74) is 1.33. The van der Waals surface area contributed by atoms with Gasteiger partial charge < -0.3 is 9.80 Å². The highest BCUT2D eigenvalue weighted by Crippen LogP contribution is 2.20. The van der Waals surface area contributed by atoms with Crippen LogP contribution in [0.4, 0.5) is 0 Å². The van der Waals surface area contributed by atoms with Crippen molar-refractivity contribution in [2.24, 2.45) is 5.92 Å². The van der Waals surface area contributed by atoms with Crippen LogP contribution < -0.4 is 0 Å². The lowest BCUT2D eigenvalue weighted by Gasteiger charge is -2.32. The number of carbonyl (C=O) groups is 2. The fourth-order valence-corrected chi connectivity index (χ4v) is 2.52. The van der Waals surface area contributed by atoms with Crippen LogP contribution in [-0.4, -0.2) is 53.8 Å². The average molecular weight is 275 g/mol. The summed E-state index contributed by atoms with van der Waals surface area (Å²) >= 11 is 0. The Bertz CT molecular complexity index is 506. The fraction of sp³-hybridized carbons (Fsp3) is 0.533. The van der Waals surface area contributed by atoms with Gasteiger partial charge in [-0.25, -0.2) is 4.98 Å². The molecule has 0 radical (unpaired) electrons. The van der Waals surface area contributed by atoms with Crippen molar-refractivity contribution in [2.75, 3.05) is 27.2 Å². The minimum absolute atomic E-state index is 0.0375. The van der Waals surface area contributed by atoms with Gasteiger partial charge in [0.15, 0.2) is 0 Å². The smallest absolute Gasteiger partial charge is 0.272 e. The second-order valence-corrected chi connectivity index (χ2v) is 5.46. The topological polar surface area (TPSA) is 53.5 Å². The number of aromatic nitrogens is 1. The molecule has 5 heteroatoms. The molecule has 108 valence electrons. The van der Waals surface area contributed by atoms with Gasteiger partial charge in [0.2, 0.25) is 5.91 Å². The van der Waals surface area contributed by atoms with Gasteiger partial charge in [0.1, 0.15) is 5.69 Å². The molecule has 2 amide bonds. The van der Waals surface area contributed by atoms with Crippen LogP contribution in [0.25, 0.3) is 0 Å². The summed E-state index contributed by atoms with van der Waals surface area (Å²) in [6.07, 6.45) is 1.46. The molecular formula is C15H21N3O2. The zero-order valence-electron chi connectivity index (χ0n) is 12.3. The number of piperidine rings is 1. The maximum absolute atomic E-state index is 12.3. The van der Waals surface area contributed by atoms with Crippen molar-refractivity contribution in [3.8, 4) is 0 Å². The molecule has 1 saturated heterocycles. The van der Waals surface area contributed by atoms with Gasteiger partial charge in [0, 0.05) is 38.8 Å². The molecule has 2 rings (SSSR count). The Kier molecular flexibility index (Phi) is 4.37. The minimum atomic E-state index is -0.0375. The molecule has 0 bridgehead atoms. The first kappa shape index (κ1) is 14.5. The Morgan fingerprint density at radius 2 is 1.90 bits per heavy atom. The van der Waals surface area contributed by atoms with Crippen molar-refractivity contribution >= 4 is 11.8 Å². The van der Waals surface area contributed by atoms with Crippen molar-refractivity contribution in [1.82, 2.24) is 14.8 Å². The summed E-state index contributed by atoms with van der Waals surface area (Å²) in [5, 5.41) is 0. The lowest BCUT2D eigenvalue weighted by atomic mass is 9.95. The maximum atomic E-state index is 12.3. The summed E-state index contributed by atoms with van der Waals surface area (Å²) < 4.78 is 0. The molecule has 2 heterocycles. The Labute approximate surface area is 119 Å². The number of nitrogens with zero attached hydrogens (tertiary/aromatic N) is 3. The van der Waals surface area contributed by atoms with Crippen LogP contribution in [0, 0.1) is 12.8 Å². The number of aryl methyl sites for hydroxylation is 1. The predicted molar refractivity (Wildman–Crippen MR) is 76.3 cm³/mol. The van der Waals surface area contributed by atoms with E-state index in [1.807, 2.05) is 19.1 Å². The third-order valence-corrected chi connectivity index (χ3v) is 3.68. The van der Waals surface area contributed by atoms with Gasteiger partial charge in [0.05, 0.1) is 0 Å². The van der Waals surface area contributed by atoms with Crippen molar-refractivity contribution in [3.05, 3.63) is 29.6 Å². The van der Waals surface area contributed by atoms with Crippen LogP contribution in [-0.2, 0) is 4.79 Å². The normalized spacial score (nSPS) is 16.1. The summed E-state index contributed by atoms with van der Waals surface area (Å²) in [5.74, 6) is 0.162. The number of amides is 2. The minimum Gasteiger partial charge on any atom is -0.349 e. The van der Waals surface area contributed by atoms with Gasteiger partial charge in [-0.05, 0) is 31.9 Å². The van der Waals surface area contributed by atoms with Crippen molar-refractivity contribution < 1.29 is 9.59 Å². The summed E-state index contributed by atoms with van der Waals surface area (Å²) in [6, 6.07) is 5.46. The van der Waals surface area contributed by atoms with E-state index in [2.05, 4.69) is 4.98 Å². The number of hydrogen-bond donors (Lipinski definition) is 0. The van der Waals surface area contributed by atoms with E-state index in [0.717, 1.165) is 18.5 Å². The van der Waals surface area contributed by atoms with Crippen LogP contribution in [0.15, 0.2) is 18.2 Å². The van der Waals surface area contributed by atoms with Gasteiger partial charge in [0.25, 0.3) is 5.91 Å². The monoisotopic (exact) mass is 275 g/mol. The number of rotatable bonds is 2. The SMILES string of the molecule is Cc1cccc(C(=O)N2CCC(C(=O)N(C)C)CC2)n1. The van der Waals surface area contributed by atoms with Gasteiger partial charge in [-0.3, -0.25) is 9.59 Å². The standard InChI is InChI=1S/C15H21N3O2/c1-11-5-4-6-13(16-11)15(20)18-9-7-12(8-10-18)14(19)17(2)3/h4-6,12H,7-10H2,1-3H3. The van der Waals surface area contributed by atoms with Gasteiger partial charge in [-0.15, -0.1) is 0 Å². The van der Waals surface area contributed by atoms with Crippen LogP contribution in [0.3, 0.4) is 0 Å². The number of pyridine rings is 1. The lowest BCUT2D eigenvalue weighted by molar-refractivity contribution is -0.134. The van der Waals surface area contributed by atoms with Crippen LogP contribution in [0.2, 0.25) is 0 Å². The molecule has 0 spiro atoms. The van der Waals surface area contributed by atoms with Crippen LogP contribution >= 0.6 is 0 Å². The Balaban J connectivity index is 1.97. The first-order chi connectivity index (χ1) is 9.49. The van der Waals surface area contributed by atoms with Crippen molar-refractivity contribution in [1.29, 1.82) is 0 Å². The van der Waals surface area contributed by atoms with E-state index in [1.54, 1.807) is 30.0 Å². The van der Waals surface area contributed by atoms with E-state index in [9.17, 15) is 9.59 Å². The largest absolute Gasteiger partial charge is 0.349 e. The second-order valence-electron chi connectivity index (χ2n) is 5.46. The Morgan fingerprint density at radius 1 is 1.25 bits per heavy atom. The summed E-state index contributed by atoms with van der Waals surface area (Å²) in [7, 11) is 3.55. The van der Waals surface area contributed by atoms with E-state index in [1.165, 1.54) is 0 Å². The summed E-state index contributed by atoms with van der Waals surface area (Å²) in [6.45, 7) is 3.12. The zero-order valence-corrected chi connectivity index (χ0v) is 12.3. The third-order valence-electron chi connectivity index (χ3n) is 3.68. The first-order valence-corrected chi connectivity index (χ1v) is 6.93. The molecule has 1 aliphatic heterocycles. The average Bonchev–Trinajstić information content (AvgIpc) is 2.46. The fourth-order valence-electron chi connectivity index (χ4n) is 2.52. The zero-order chi connectivity index (χ0) is 14.7. The van der Waals surface area contributed by atoms with E-state index in [0.29, 0.717) is 18.8 Å². The highest BCUT2D eigenvalue weighted by atomic mass is 16.2. The van der Waals surface area contributed by atoms with Crippen molar-refractivity contribution in [2.45, 2.75) is 19.8 Å². The van der Waals surface area contributed by atoms with Crippen LogP contribution in [0.1, 0.15) is 29.0 Å². The molecule has 0 aliphatic carbocycles.